The van der Waals surface area contributed by atoms with Crippen molar-refractivity contribution >= 4 is 0 Å². The number of nitrogens with one attached hydrogen (secondary N) is 1. The van der Waals surface area contributed by atoms with Crippen molar-refractivity contribution in [3.63, 3.8) is 0 Å². The van der Waals surface area contributed by atoms with Crippen LogP contribution in [-0.2, 0) is 0 Å². The second-order valence-corrected chi connectivity index (χ2v) is 4.31. The highest BCUT2D eigenvalue weighted by molar-refractivity contribution is 5.04. The number of hydrogen-bond acceptors (Lipinski definition) is 1. The van der Waals surface area contributed by atoms with Crippen molar-refractivity contribution in [2.45, 2.75) is 44.1 Å². The van der Waals surface area contributed by atoms with Crippen LogP contribution in [0.1, 0.15) is 38.5 Å². The van der Waals surface area contributed by atoms with Gasteiger partial charge in [0, 0.05) is 5.54 Å². The van der Waals surface area contributed by atoms with Crippen LogP contribution in [-0.4, -0.2) is 12.1 Å². The lowest BCUT2D eigenvalue weighted by Gasteiger charge is -2.39. The second kappa shape index (κ2) is 3.21. The van der Waals surface area contributed by atoms with Gasteiger partial charge in [-0.2, -0.15) is 0 Å². The molecule has 1 N–H and O–H groups in total. The normalized spacial score (nSPS) is 40.8. The zero-order valence-corrected chi connectivity index (χ0v) is 7.81. The van der Waals surface area contributed by atoms with Gasteiger partial charge in [-0.3, -0.25) is 0 Å². The average Bonchev–Trinajstić information content (AvgIpc) is 2.48. The SMILES string of the molecule is C=CC[C@@]12CCCCC1CCN2. The molecule has 2 fully saturated rings. The highest BCUT2D eigenvalue weighted by atomic mass is 15.0. The van der Waals surface area contributed by atoms with Crippen LogP contribution in [0.2, 0.25) is 0 Å². The van der Waals surface area contributed by atoms with Gasteiger partial charge in [-0.15, -0.1) is 6.58 Å². The van der Waals surface area contributed by atoms with Gasteiger partial charge in [0.1, 0.15) is 0 Å². The van der Waals surface area contributed by atoms with Gasteiger partial charge < -0.3 is 5.32 Å². The smallest absolute Gasteiger partial charge is 0.0244 e. The van der Waals surface area contributed by atoms with Gasteiger partial charge in [0.05, 0.1) is 0 Å². The summed E-state index contributed by atoms with van der Waals surface area (Å²) < 4.78 is 0. The summed E-state index contributed by atoms with van der Waals surface area (Å²) >= 11 is 0. The molecule has 2 rings (SSSR count). The maximum Gasteiger partial charge on any atom is 0.0244 e. The molecular weight excluding hydrogens is 146 g/mol. The molecule has 2 atom stereocenters. The molecule has 0 radical (unpaired) electrons. The van der Waals surface area contributed by atoms with E-state index in [9.17, 15) is 0 Å². The van der Waals surface area contributed by atoms with Gasteiger partial charge in [-0.25, -0.2) is 0 Å². The molecule has 1 saturated carbocycles. The maximum atomic E-state index is 3.87. The summed E-state index contributed by atoms with van der Waals surface area (Å²) in [6, 6.07) is 0. The minimum atomic E-state index is 0.472. The largest absolute Gasteiger partial charge is 0.311 e. The Labute approximate surface area is 75.2 Å². The molecule has 68 valence electrons. The summed E-state index contributed by atoms with van der Waals surface area (Å²) in [7, 11) is 0. The lowest BCUT2D eigenvalue weighted by atomic mass is 9.72. The molecular formula is C11H19N. The van der Waals surface area contributed by atoms with Crippen LogP contribution >= 0.6 is 0 Å². The Morgan fingerprint density at radius 1 is 1.42 bits per heavy atom. The Bertz CT molecular complexity index is 176. The summed E-state index contributed by atoms with van der Waals surface area (Å²) in [5.74, 6) is 0.948. The van der Waals surface area contributed by atoms with Crippen molar-refractivity contribution in [2.75, 3.05) is 6.54 Å². The van der Waals surface area contributed by atoms with Crippen LogP contribution in [0.3, 0.4) is 0 Å². The molecule has 0 aromatic heterocycles. The minimum Gasteiger partial charge on any atom is -0.311 e. The first-order valence-electron chi connectivity index (χ1n) is 5.23. The average molecular weight is 165 g/mol. The molecule has 1 heterocycles. The van der Waals surface area contributed by atoms with E-state index in [0.717, 1.165) is 5.92 Å². The van der Waals surface area contributed by atoms with Gasteiger partial charge >= 0.3 is 0 Å². The Hall–Kier alpha value is -0.300. The Morgan fingerprint density at radius 3 is 3.17 bits per heavy atom. The molecule has 1 heteroatoms. The van der Waals surface area contributed by atoms with E-state index < -0.39 is 0 Å². The third kappa shape index (κ3) is 1.20. The maximum absolute atomic E-state index is 3.87. The standard InChI is InChI=1S/C11H19N/c1-2-7-11-8-4-3-5-10(11)6-9-12-11/h2,10,12H,1,3-9H2/t10?,11-/m1/s1. The molecule has 1 aliphatic heterocycles. The van der Waals surface area contributed by atoms with E-state index in [1.165, 1.54) is 45.1 Å². The predicted molar refractivity (Wildman–Crippen MR) is 52.1 cm³/mol. The first-order chi connectivity index (χ1) is 5.87. The van der Waals surface area contributed by atoms with Crippen molar-refractivity contribution in [3.05, 3.63) is 12.7 Å². The van der Waals surface area contributed by atoms with Gasteiger partial charge in [0.2, 0.25) is 0 Å². The van der Waals surface area contributed by atoms with E-state index in [2.05, 4.69) is 18.0 Å². The molecule has 2 aliphatic rings. The molecule has 0 aromatic carbocycles. The monoisotopic (exact) mass is 165 g/mol. The third-order valence-electron chi connectivity index (χ3n) is 3.69. The van der Waals surface area contributed by atoms with Gasteiger partial charge in [-0.1, -0.05) is 18.9 Å². The number of rotatable bonds is 2. The summed E-state index contributed by atoms with van der Waals surface area (Å²) in [5.41, 5.74) is 0.472. The number of fused-ring (bicyclic) bond motifs is 1. The molecule has 0 aromatic rings. The van der Waals surface area contributed by atoms with E-state index in [4.69, 9.17) is 0 Å². The molecule has 1 saturated heterocycles. The summed E-state index contributed by atoms with van der Waals surface area (Å²) in [4.78, 5) is 0. The molecule has 0 amide bonds. The molecule has 1 unspecified atom stereocenters. The van der Waals surface area contributed by atoms with Crippen molar-refractivity contribution in [1.29, 1.82) is 0 Å². The summed E-state index contributed by atoms with van der Waals surface area (Å²) in [6.45, 7) is 5.10. The number of hydrogen-bond donors (Lipinski definition) is 1. The fourth-order valence-electron chi connectivity index (χ4n) is 3.06. The predicted octanol–water partition coefficient (Wildman–Crippen LogP) is 2.48. The topological polar surface area (TPSA) is 12.0 Å². The minimum absolute atomic E-state index is 0.472. The van der Waals surface area contributed by atoms with Crippen LogP contribution in [0, 0.1) is 5.92 Å². The zero-order chi connectivity index (χ0) is 8.44. The Balaban J connectivity index is 2.11. The van der Waals surface area contributed by atoms with E-state index in [1.807, 2.05) is 0 Å². The zero-order valence-electron chi connectivity index (χ0n) is 7.81. The van der Waals surface area contributed by atoms with Crippen molar-refractivity contribution in [2.24, 2.45) is 5.92 Å². The van der Waals surface area contributed by atoms with Crippen LogP contribution < -0.4 is 5.32 Å². The summed E-state index contributed by atoms with van der Waals surface area (Å²) in [5, 5.41) is 3.70. The van der Waals surface area contributed by atoms with Crippen molar-refractivity contribution in [1.82, 2.24) is 5.32 Å². The lowest BCUT2D eigenvalue weighted by molar-refractivity contribution is 0.198. The fourth-order valence-corrected chi connectivity index (χ4v) is 3.06. The van der Waals surface area contributed by atoms with E-state index >= 15 is 0 Å². The molecule has 12 heavy (non-hydrogen) atoms. The van der Waals surface area contributed by atoms with Crippen molar-refractivity contribution in [3.8, 4) is 0 Å². The van der Waals surface area contributed by atoms with Crippen LogP contribution in [0.15, 0.2) is 12.7 Å². The van der Waals surface area contributed by atoms with E-state index in [-0.39, 0.29) is 0 Å². The van der Waals surface area contributed by atoms with Gasteiger partial charge in [0.25, 0.3) is 0 Å². The fraction of sp³-hybridized carbons (Fsp3) is 0.818. The van der Waals surface area contributed by atoms with Crippen LogP contribution in [0.25, 0.3) is 0 Å². The quantitative estimate of drug-likeness (QED) is 0.620. The highest BCUT2D eigenvalue weighted by Crippen LogP contribution is 2.41. The summed E-state index contributed by atoms with van der Waals surface area (Å²) in [6.07, 6.45) is 10.4. The Morgan fingerprint density at radius 2 is 2.33 bits per heavy atom. The second-order valence-electron chi connectivity index (χ2n) is 4.31. The molecule has 1 nitrogen and oxygen atoms in total. The first kappa shape index (κ1) is 8.31. The lowest BCUT2D eigenvalue weighted by Crippen LogP contribution is -2.46. The van der Waals surface area contributed by atoms with Crippen LogP contribution in [0.5, 0.6) is 0 Å². The van der Waals surface area contributed by atoms with E-state index in [1.54, 1.807) is 0 Å². The first-order valence-corrected chi connectivity index (χ1v) is 5.23. The van der Waals surface area contributed by atoms with Gasteiger partial charge in [0.15, 0.2) is 0 Å². The van der Waals surface area contributed by atoms with E-state index in [0.29, 0.717) is 5.54 Å². The highest BCUT2D eigenvalue weighted by Gasteiger charge is 2.42. The molecule has 0 spiro atoms. The van der Waals surface area contributed by atoms with Crippen molar-refractivity contribution < 1.29 is 0 Å². The Kier molecular flexibility index (Phi) is 2.22. The molecule has 0 bridgehead atoms. The third-order valence-corrected chi connectivity index (χ3v) is 3.69. The van der Waals surface area contributed by atoms with Gasteiger partial charge in [-0.05, 0) is 38.1 Å². The van der Waals surface area contributed by atoms with Crippen LogP contribution in [0.4, 0.5) is 0 Å². The molecule has 1 aliphatic carbocycles.